The molecule has 84 heavy (non-hydrogen) atoms. The summed E-state index contributed by atoms with van der Waals surface area (Å²) in [7, 11) is 0. The molecule has 0 spiro atoms. The fourth-order valence-electron chi connectivity index (χ4n) is 10.7. The second kappa shape index (κ2) is 49.7. The highest BCUT2D eigenvalue weighted by molar-refractivity contribution is 7.96. The molecular formula is C78H116O4S2. The maximum atomic E-state index is 6.43. The molecule has 0 N–H and O–H groups in total. The number of benzene rings is 4. The molecule has 0 unspecified atom stereocenters. The Labute approximate surface area is 526 Å². The second-order valence-corrected chi connectivity index (χ2v) is 24.7. The van der Waals surface area contributed by atoms with Crippen LogP contribution in [-0.4, -0.2) is 26.4 Å². The lowest BCUT2D eigenvalue weighted by Crippen LogP contribution is -2.03. The Kier molecular flexibility index (Phi) is 42.7. The van der Waals surface area contributed by atoms with Crippen molar-refractivity contribution in [2.75, 3.05) is 26.4 Å². The molecule has 0 heterocycles. The lowest BCUT2D eigenvalue weighted by atomic mass is 10.1. The number of unbranched alkanes of at least 4 members (excludes halogenated alkanes) is 36. The van der Waals surface area contributed by atoms with Gasteiger partial charge in [-0.2, -0.15) is 0 Å². The largest absolute Gasteiger partial charge is 0.490 e. The Morgan fingerprint density at radius 3 is 0.702 bits per heavy atom. The summed E-state index contributed by atoms with van der Waals surface area (Å²) < 4.78 is 25.6. The van der Waals surface area contributed by atoms with Gasteiger partial charge in [0, 0.05) is 32.1 Å². The summed E-state index contributed by atoms with van der Waals surface area (Å²) in [5.74, 6) is 16.8. The van der Waals surface area contributed by atoms with Crippen molar-refractivity contribution in [2.45, 2.75) is 285 Å². The van der Waals surface area contributed by atoms with Gasteiger partial charge in [0.25, 0.3) is 0 Å². The van der Waals surface area contributed by atoms with Crippen LogP contribution in [0.25, 0.3) is 9.81 Å². The van der Waals surface area contributed by atoms with Crippen molar-refractivity contribution >= 4 is 35.1 Å². The first kappa shape index (κ1) is 72.1. The molecule has 0 aliphatic rings. The van der Waals surface area contributed by atoms with Gasteiger partial charge in [-0.15, -0.1) is 25.3 Å². The lowest BCUT2D eigenvalue weighted by Gasteiger charge is -2.13. The predicted octanol–water partition coefficient (Wildman–Crippen LogP) is 24.4. The van der Waals surface area contributed by atoms with E-state index in [-0.39, 0.29) is 0 Å². The highest BCUT2D eigenvalue weighted by Crippen LogP contribution is 2.34. The van der Waals surface area contributed by atoms with Gasteiger partial charge < -0.3 is 18.9 Å². The zero-order chi connectivity index (χ0) is 59.6. The van der Waals surface area contributed by atoms with E-state index in [1.54, 1.807) is 0 Å². The summed E-state index contributed by atoms with van der Waals surface area (Å²) in [6.07, 6.45) is 52.2. The van der Waals surface area contributed by atoms with E-state index in [0.29, 0.717) is 26.4 Å². The van der Waals surface area contributed by atoms with Gasteiger partial charge in [0.1, 0.15) is 0 Å². The molecule has 0 atom stereocenters. The first-order chi connectivity index (χ1) is 41.4. The van der Waals surface area contributed by atoms with Crippen molar-refractivity contribution in [1.82, 2.24) is 0 Å². The average Bonchev–Trinajstić information content (AvgIpc) is 3.73. The number of ether oxygens (including phenoxy) is 4. The average molecular weight is 1180 g/mol. The van der Waals surface area contributed by atoms with Crippen LogP contribution in [0.15, 0.2) is 84.9 Å². The van der Waals surface area contributed by atoms with Gasteiger partial charge in [-0.25, -0.2) is 0 Å². The van der Waals surface area contributed by atoms with Crippen molar-refractivity contribution in [3.63, 3.8) is 0 Å². The molecule has 0 bridgehead atoms. The maximum absolute atomic E-state index is 6.43. The molecule has 0 aliphatic heterocycles. The summed E-state index contributed by atoms with van der Waals surface area (Å²) in [4.78, 5) is 1.60. The summed E-state index contributed by atoms with van der Waals surface area (Å²) in [6.45, 7) is 11.9. The summed E-state index contributed by atoms with van der Waals surface area (Å²) >= 11 is 9.93. The number of hydrogen-bond acceptors (Lipinski definition) is 6. The molecule has 0 radical (unpaired) electrons. The van der Waals surface area contributed by atoms with Gasteiger partial charge in [-0.3, -0.25) is 0 Å². The molecule has 0 saturated carbocycles. The Morgan fingerprint density at radius 2 is 0.452 bits per heavy atom. The van der Waals surface area contributed by atoms with Crippen molar-refractivity contribution in [3.05, 3.63) is 118 Å². The van der Waals surface area contributed by atoms with Crippen LogP contribution in [0.1, 0.15) is 318 Å². The van der Waals surface area contributed by atoms with E-state index in [4.69, 9.17) is 44.2 Å². The highest BCUT2D eigenvalue weighted by atomic mass is 32.1. The summed E-state index contributed by atoms with van der Waals surface area (Å²) in [6, 6.07) is 28.8. The van der Waals surface area contributed by atoms with Crippen LogP contribution in [0.5, 0.6) is 23.0 Å². The fraction of sp³-hybridized carbons (Fsp3) is 0.615. The van der Waals surface area contributed by atoms with Crippen molar-refractivity contribution in [2.24, 2.45) is 0 Å². The molecule has 4 rings (SSSR count). The molecule has 464 valence electrons. The minimum atomic E-state index is 0.690. The normalized spacial score (nSPS) is 11.4. The molecule has 4 aromatic rings. The lowest BCUT2D eigenvalue weighted by molar-refractivity contribution is 0.258. The monoisotopic (exact) mass is 1180 g/mol. The van der Waals surface area contributed by atoms with E-state index in [1.165, 1.54) is 231 Å². The standard InChI is InChI=1S/C78H116O4S2/c1-5-9-13-17-21-25-29-33-37-41-61-79-73-59-53-69(65-75(73)81-63-43-39-35-31-27-23-19-15-11-7-3)47-45-67-49-55-71(56-50-67)77(83)78(84)72-57-51-68(52-58-72)46-48-70-54-60-74(80-62-42-38-34-30-26-22-18-14-10-6-2)76(66-70)82-64-44-40-36-32-28-24-20-16-12-8-4/h49-60,65-66,83-84H,5-44,61-64H2,1-4H3. The zero-order valence-electron chi connectivity index (χ0n) is 53.7. The van der Waals surface area contributed by atoms with E-state index in [1.807, 2.05) is 12.1 Å². The predicted molar refractivity (Wildman–Crippen MR) is 372 cm³/mol. The van der Waals surface area contributed by atoms with Crippen molar-refractivity contribution in [1.29, 1.82) is 0 Å². The van der Waals surface area contributed by atoms with Gasteiger partial charge in [0.2, 0.25) is 0 Å². The molecular weight excluding hydrogens is 1060 g/mol. The number of thiol groups is 2. The molecule has 0 amide bonds. The van der Waals surface area contributed by atoms with Gasteiger partial charge in [-0.05, 0) is 97.5 Å². The van der Waals surface area contributed by atoms with Crippen LogP contribution in [0.3, 0.4) is 0 Å². The number of rotatable bonds is 50. The molecule has 0 saturated heterocycles. The Balaban J connectivity index is 1.33. The van der Waals surface area contributed by atoms with Crippen molar-refractivity contribution < 1.29 is 18.9 Å². The first-order valence-electron chi connectivity index (χ1n) is 34.6. The van der Waals surface area contributed by atoms with Gasteiger partial charge in [0.15, 0.2) is 23.0 Å². The topological polar surface area (TPSA) is 36.9 Å². The van der Waals surface area contributed by atoms with Crippen LogP contribution >= 0.6 is 25.3 Å². The van der Waals surface area contributed by atoms with Gasteiger partial charge in [0.05, 0.1) is 26.4 Å². The highest BCUT2D eigenvalue weighted by Gasteiger charge is 2.11. The van der Waals surface area contributed by atoms with Crippen LogP contribution in [0.2, 0.25) is 0 Å². The maximum Gasteiger partial charge on any atom is 0.162 e. The Hall–Kier alpha value is -4.36. The van der Waals surface area contributed by atoms with Crippen LogP contribution < -0.4 is 18.9 Å². The third-order valence-electron chi connectivity index (χ3n) is 16.2. The minimum absolute atomic E-state index is 0.690. The van der Waals surface area contributed by atoms with E-state index in [9.17, 15) is 0 Å². The van der Waals surface area contributed by atoms with E-state index in [0.717, 1.165) is 91.9 Å². The van der Waals surface area contributed by atoms with E-state index >= 15 is 0 Å². The zero-order valence-corrected chi connectivity index (χ0v) is 55.5. The van der Waals surface area contributed by atoms with Gasteiger partial charge in [-0.1, -0.05) is 307 Å². The minimum Gasteiger partial charge on any atom is -0.490 e. The molecule has 0 fully saturated rings. The van der Waals surface area contributed by atoms with Crippen LogP contribution in [0.4, 0.5) is 0 Å². The number of hydrogen-bond donors (Lipinski definition) is 2. The molecule has 4 aromatic carbocycles. The van der Waals surface area contributed by atoms with Crippen LogP contribution in [-0.2, 0) is 0 Å². The Bertz CT molecular complexity index is 2250. The summed E-state index contributed by atoms with van der Waals surface area (Å²) in [5.41, 5.74) is 5.64. The fourth-order valence-corrected chi connectivity index (χ4v) is 11.3. The smallest absolute Gasteiger partial charge is 0.162 e. The van der Waals surface area contributed by atoms with E-state index < -0.39 is 0 Å². The first-order valence-corrected chi connectivity index (χ1v) is 35.5. The van der Waals surface area contributed by atoms with Crippen LogP contribution in [0, 0.1) is 23.7 Å². The quantitative estimate of drug-likeness (QED) is 0.0200. The third-order valence-corrected chi connectivity index (χ3v) is 17.3. The van der Waals surface area contributed by atoms with Crippen molar-refractivity contribution in [3.8, 4) is 46.7 Å². The molecule has 6 heteroatoms. The second-order valence-electron chi connectivity index (χ2n) is 23.8. The third kappa shape index (κ3) is 34.1. The SMILES string of the molecule is CCCCCCCCCCCCOc1ccc(C#Cc2ccc(C(S)=C(S)c3ccc(C#Cc4ccc(OCCCCCCCCCCCC)c(OCCCCCCCCCCCC)c4)cc3)cc2)cc1OCCCCCCCCCCCC. The summed E-state index contributed by atoms with van der Waals surface area (Å²) in [5, 5.41) is 0. The molecule has 0 aliphatic carbocycles. The molecule has 0 aromatic heterocycles. The molecule has 4 nitrogen and oxygen atoms in total. The Morgan fingerprint density at radius 1 is 0.250 bits per heavy atom. The van der Waals surface area contributed by atoms with E-state index in [2.05, 4.69) is 124 Å². The van der Waals surface area contributed by atoms with Gasteiger partial charge >= 0.3 is 0 Å².